The maximum absolute atomic E-state index is 12.6. The lowest BCUT2D eigenvalue weighted by Crippen LogP contribution is -2.74. The number of nitriles is 1. The second-order valence-corrected chi connectivity index (χ2v) is 8.84. The smallest absolute Gasteiger partial charge is 0.272 e. The fourth-order valence-corrected chi connectivity index (χ4v) is 4.55. The number of aromatic nitrogens is 2. The molecule has 0 spiro atoms. The average Bonchev–Trinajstić information content (AvgIpc) is 2.64. The van der Waals surface area contributed by atoms with Crippen molar-refractivity contribution in [2.45, 2.75) is 39.8 Å². The Morgan fingerprint density at radius 2 is 1.82 bits per heavy atom. The van der Waals surface area contributed by atoms with Gasteiger partial charge in [0.1, 0.15) is 17.9 Å². The summed E-state index contributed by atoms with van der Waals surface area (Å²) in [4.78, 5) is 12.6. The molecule has 6 nitrogen and oxygen atoms in total. The van der Waals surface area contributed by atoms with E-state index in [0.717, 1.165) is 0 Å². The molecule has 146 valence electrons. The third kappa shape index (κ3) is 3.52. The zero-order chi connectivity index (χ0) is 20.7. The van der Waals surface area contributed by atoms with Gasteiger partial charge in [0, 0.05) is 22.9 Å². The van der Waals surface area contributed by atoms with Crippen molar-refractivity contribution in [1.29, 1.82) is 5.26 Å². The van der Waals surface area contributed by atoms with Gasteiger partial charge in [0.05, 0.1) is 10.6 Å². The van der Waals surface area contributed by atoms with E-state index in [9.17, 15) is 4.79 Å². The van der Waals surface area contributed by atoms with Crippen molar-refractivity contribution in [3.63, 3.8) is 0 Å². The van der Waals surface area contributed by atoms with Gasteiger partial charge in [-0.05, 0) is 24.3 Å². The van der Waals surface area contributed by atoms with Crippen LogP contribution in [0.4, 0.5) is 0 Å². The van der Waals surface area contributed by atoms with E-state index >= 15 is 0 Å². The molecule has 1 aliphatic carbocycles. The van der Waals surface area contributed by atoms with Gasteiger partial charge in [-0.3, -0.25) is 4.79 Å². The number of carbonyl (C=O) groups excluding carboxylic acids is 1. The molecule has 1 fully saturated rings. The van der Waals surface area contributed by atoms with Crippen LogP contribution in [0, 0.1) is 22.2 Å². The number of rotatable bonds is 4. The quantitative estimate of drug-likeness (QED) is 0.800. The molecule has 1 aromatic heterocycles. The van der Waals surface area contributed by atoms with Crippen LogP contribution >= 0.6 is 23.2 Å². The summed E-state index contributed by atoms with van der Waals surface area (Å²) in [5.74, 6) is 0.277. The lowest BCUT2D eigenvalue weighted by atomic mass is 9.49. The van der Waals surface area contributed by atoms with Crippen molar-refractivity contribution in [3.8, 4) is 11.8 Å². The largest absolute Gasteiger partial charge is 0.489 e. The van der Waals surface area contributed by atoms with E-state index in [1.54, 1.807) is 18.2 Å². The summed E-state index contributed by atoms with van der Waals surface area (Å²) in [6.07, 6.45) is -0.175. The number of hydrogen-bond donors (Lipinski definition) is 1. The van der Waals surface area contributed by atoms with E-state index in [4.69, 9.17) is 33.2 Å². The van der Waals surface area contributed by atoms with Crippen molar-refractivity contribution in [1.82, 2.24) is 15.5 Å². The van der Waals surface area contributed by atoms with Gasteiger partial charge in [-0.1, -0.05) is 50.9 Å². The van der Waals surface area contributed by atoms with Crippen LogP contribution in [0.5, 0.6) is 5.75 Å². The molecule has 1 aliphatic rings. The third-order valence-electron chi connectivity index (χ3n) is 5.29. The highest BCUT2D eigenvalue weighted by atomic mass is 35.5. The number of benzene rings is 1. The Kier molecular flexibility index (Phi) is 5.26. The summed E-state index contributed by atoms with van der Waals surface area (Å²) in [6, 6.07) is 9.95. The van der Waals surface area contributed by atoms with E-state index in [1.807, 2.05) is 33.8 Å². The molecule has 1 amide bonds. The summed E-state index contributed by atoms with van der Waals surface area (Å²) in [6.45, 7) is 8.14. The van der Waals surface area contributed by atoms with E-state index in [-0.39, 0.29) is 39.7 Å². The molecular formula is C20H20Cl2N4O2. The van der Waals surface area contributed by atoms with Crippen LogP contribution in [0.25, 0.3) is 0 Å². The minimum atomic E-state index is -0.348. The van der Waals surface area contributed by atoms with Crippen LogP contribution in [0.3, 0.4) is 0 Å². The molecule has 0 aliphatic heterocycles. The van der Waals surface area contributed by atoms with E-state index in [2.05, 4.69) is 15.5 Å². The summed E-state index contributed by atoms with van der Waals surface area (Å²) < 4.78 is 6.20. The first-order valence-corrected chi connectivity index (χ1v) is 9.49. The number of halogens is 2. The highest BCUT2D eigenvalue weighted by Crippen LogP contribution is 2.55. The second kappa shape index (κ2) is 7.23. The first kappa shape index (κ1) is 20.4. The lowest BCUT2D eigenvalue weighted by Gasteiger charge is -2.63. The molecule has 1 heterocycles. The van der Waals surface area contributed by atoms with E-state index in [1.165, 1.54) is 12.1 Å². The van der Waals surface area contributed by atoms with Crippen LogP contribution in [0.15, 0.2) is 30.3 Å². The topological polar surface area (TPSA) is 87.9 Å². The fourth-order valence-electron chi connectivity index (χ4n) is 4.24. The number of nitrogens with zero attached hydrogens (tertiary/aromatic N) is 3. The standard InChI is InChI=1S/C20H20Cl2N4O2/c1-19(2)17(24-16(27)14-7-8-15(22)26-25-14)20(3,4)18(19)28-12-6-5-11(10-23)13(21)9-12/h5-9,17-18H,1-4H3,(H,24,27). The van der Waals surface area contributed by atoms with Crippen molar-refractivity contribution < 1.29 is 9.53 Å². The minimum absolute atomic E-state index is 0.149. The van der Waals surface area contributed by atoms with Crippen molar-refractivity contribution >= 4 is 29.1 Å². The molecule has 0 unspecified atom stereocenters. The molecule has 2 aromatic rings. The first-order chi connectivity index (χ1) is 13.1. The molecule has 1 N–H and O–H groups in total. The maximum atomic E-state index is 12.6. The summed E-state index contributed by atoms with van der Waals surface area (Å²) >= 11 is 11.8. The molecule has 0 saturated heterocycles. The average molecular weight is 419 g/mol. The summed E-state index contributed by atoms with van der Waals surface area (Å²) in [7, 11) is 0. The van der Waals surface area contributed by atoms with Gasteiger partial charge in [0.2, 0.25) is 0 Å². The number of amides is 1. The molecule has 28 heavy (non-hydrogen) atoms. The van der Waals surface area contributed by atoms with Gasteiger partial charge in [0.25, 0.3) is 5.91 Å². The number of ether oxygens (including phenoxy) is 1. The lowest BCUT2D eigenvalue weighted by molar-refractivity contribution is -0.164. The molecule has 0 radical (unpaired) electrons. The zero-order valence-electron chi connectivity index (χ0n) is 16.0. The molecular weight excluding hydrogens is 399 g/mol. The van der Waals surface area contributed by atoms with Gasteiger partial charge in [-0.15, -0.1) is 10.2 Å². The number of carbonyl (C=O) groups is 1. The highest BCUT2D eigenvalue weighted by Gasteiger charge is 2.64. The normalized spacial score (nSPS) is 21.9. The van der Waals surface area contributed by atoms with Crippen LogP contribution in [0.2, 0.25) is 10.2 Å². The Bertz CT molecular complexity index is 936. The van der Waals surface area contributed by atoms with Gasteiger partial charge >= 0.3 is 0 Å². The van der Waals surface area contributed by atoms with Crippen LogP contribution in [-0.4, -0.2) is 28.3 Å². The van der Waals surface area contributed by atoms with Crippen molar-refractivity contribution in [2.75, 3.05) is 0 Å². The molecule has 0 bridgehead atoms. The Morgan fingerprint density at radius 1 is 1.14 bits per heavy atom. The van der Waals surface area contributed by atoms with Crippen molar-refractivity contribution in [3.05, 3.63) is 51.8 Å². The van der Waals surface area contributed by atoms with Crippen LogP contribution < -0.4 is 10.1 Å². The van der Waals surface area contributed by atoms with Crippen LogP contribution in [0.1, 0.15) is 43.7 Å². The predicted octanol–water partition coefficient (Wildman–Crippen LogP) is 4.27. The Balaban J connectivity index is 1.76. The first-order valence-electron chi connectivity index (χ1n) is 8.73. The number of nitrogens with one attached hydrogen (secondary N) is 1. The third-order valence-corrected chi connectivity index (χ3v) is 5.81. The van der Waals surface area contributed by atoms with Gasteiger partial charge in [-0.2, -0.15) is 5.26 Å². The summed E-state index contributed by atoms with van der Waals surface area (Å²) in [5.41, 5.74) is -0.0895. The molecule has 1 saturated carbocycles. The zero-order valence-corrected chi connectivity index (χ0v) is 17.5. The second-order valence-electron chi connectivity index (χ2n) is 8.04. The number of hydrogen-bond acceptors (Lipinski definition) is 5. The van der Waals surface area contributed by atoms with E-state index < -0.39 is 0 Å². The van der Waals surface area contributed by atoms with E-state index in [0.29, 0.717) is 16.3 Å². The SMILES string of the molecule is CC1(C)C(NC(=O)c2ccc(Cl)nn2)C(C)(C)C1Oc1ccc(C#N)c(Cl)c1. The van der Waals surface area contributed by atoms with Crippen molar-refractivity contribution in [2.24, 2.45) is 10.8 Å². The van der Waals surface area contributed by atoms with Gasteiger partial charge in [-0.25, -0.2) is 0 Å². The monoisotopic (exact) mass is 418 g/mol. The maximum Gasteiger partial charge on any atom is 0.272 e. The molecule has 3 rings (SSSR count). The Labute approximate surface area is 173 Å². The van der Waals surface area contributed by atoms with Gasteiger partial charge < -0.3 is 10.1 Å². The minimum Gasteiger partial charge on any atom is -0.489 e. The van der Waals surface area contributed by atoms with Crippen LogP contribution in [-0.2, 0) is 0 Å². The fraction of sp³-hybridized carbons (Fsp3) is 0.400. The molecule has 1 aromatic carbocycles. The van der Waals surface area contributed by atoms with Gasteiger partial charge in [0.15, 0.2) is 10.8 Å². The highest BCUT2D eigenvalue weighted by molar-refractivity contribution is 6.31. The summed E-state index contributed by atoms with van der Waals surface area (Å²) in [5, 5.41) is 20.2. The predicted molar refractivity (Wildman–Crippen MR) is 106 cm³/mol. The Morgan fingerprint density at radius 3 is 2.36 bits per heavy atom. The molecule has 8 heteroatoms. The molecule has 0 atom stereocenters. The Hall–Kier alpha value is -2.36.